The highest BCUT2D eigenvalue weighted by atomic mass is 79.9. The summed E-state index contributed by atoms with van der Waals surface area (Å²) in [5.41, 5.74) is 0.416. The molecular weight excluding hydrogens is 331 g/mol. The summed E-state index contributed by atoms with van der Waals surface area (Å²) in [7, 11) is 0. The Morgan fingerprint density at radius 2 is 2.00 bits per heavy atom. The van der Waals surface area contributed by atoms with Crippen molar-refractivity contribution in [2.45, 2.75) is 12.3 Å². The van der Waals surface area contributed by atoms with Crippen molar-refractivity contribution in [2.75, 3.05) is 0 Å². The van der Waals surface area contributed by atoms with Crippen LogP contribution in [0.4, 0.5) is 8.78 Å². The molecular formula is C7H4Br2ClF2N. The molecule has 0 spiro atoms. The second-order valence-corrected chi connectivity index (χ2v) is 4.02. The van der Waals surface area contributed by atoms with Gasteiger partial charge in [0.1, 0.15) is 9.21 Å². The summed E-state index contributed by atoms with van der Waals surface area (Å²) in [6.07, 6.45) is -2.54. The van der Waals surface area contributed by atoms with Gasteiger partial charge >= 0.3 is 0 Å². The van der Waals surface area contributed by atoms with Crippen molar-refractivity contribution in [3.8, 4) is 0 Å². The van der Waals surface area contributed by atoms with E-state index in [2.05, 4.69) is 36.8 Å². The van der Waals surface area contributed by atoms with E-state index in [9.17, 15) is 8.78 Å². The summed E-state index contributed by atoms with van der Waals surface area (Å²) in [5.74, 6) is 0.153. The number of aromatic nitrogens is 1. The third-order valence-electron chi connectivity index (χ3n) is 1.41. The summed E-state index contributed by atoms with van der Waals surface area (Å²) < 4.78 is 25.3. The molecule has 1 nitrogen and oxygen atoms in total. The van der Waals surface area contributed by atoms with E-state index in [0.29, 0.717) is 10.2 Å². The monoisotopic (exact) mass is 333 g/mol. The molecule has 0 aliphatic carbocycles. The molecule has 1 aromatic rings. The lowest BCUT2D eigenvalue weighted by Crippen LogP contribution is -1.94. The number of nitrogens with zero attached hydrogens (tertiary/aromatic N) is 1. The van der Waals surface area contributed by atoms with Gasteiger partial charge in [0.25, 0.3) is 6.43 Å². The quantitative estimate of drug-likeness (QED) is 0.581. The first-order valence-electron chi connectivity index (χ1n) is 3.25. The molecule has 6 heteroatoms. The molecule has 0 atom stereocenters. The van der Waals surface area contributed by atoms with E-state index in [-0.39, 0.29) is 16.0 Å². The molecule has 0 saturated heterocycles. The molecule has 0 bridgehead atoms. The molecule has 0 N–H and O–H groups in total. The Morgan fingerprint density at radius 3 is 2.46 bits per heavy atom. The van der Waals surface area contributed by atoms with Crippen molar-refractivity contribution < 1.29 is 8.78 Å². The highest BCUT2D eigenvalue weighted by Crippen LogP contribution is 2.30. The Labute approximate surface area is 95.8 Å². The lowest BCUT2D eigenvalue weighted by molar-refractivity contribution is 0.150. The number of hydrogen-bond acceptors (Lipinski definition) is 1. The first-order chi connectivity index (χ1) is 6.06. The van der Waals surface area contributed by atoms with Crippen molar-refractivity contribution >= 4 is 43.5 Å². The van der Waals surface area contributed by atoms with Gasteiger partial charge < -0.3 is 0 Å². The molecule has 0 radical (unpaired) electrons. The van der Waals surface area contributed by atoms with Crippen LogP contribution in [0.2, 0.25) is 0 Å². The van der Waals surface area contributed by atoms with Gasteiger partial charge in [0.2, 0.25) is 0 Å². The van der Waals surface area contributed by atoms with E-state index < -0.39 is 6.43 Å². The molecule has 0 amide bonds. The van der Waals surface area contributed by atoms with E-state index >= 15 is 0 Å². The Morgan fingerprint density at radius 1 is 1.38 bits per heavy atom. The number of rotatable bonds is 2. The van der Waals surface area contributed by atoms with Crippen molar-refractivity contribution in [1.29, 1.82) is 0 Å². The predicted molar refractivity (Wildman–Crippen MR) is 54.2 cm³/mol. The van der Waals surface area contributed by atoms with Gasteiger partial charge in [-0.15, -0.1) is 11.6 Å². The Hall–Kier alpha value is 0.260. The number of pyridine rings is 1. The Balaban J connectivity index is 3.22. The highest BCUT2D eigenvalue weighted by molar-refractivity contribution is 9.11. The van der Waals surface area contributed by atoms with Crippen LogP contribution in [0.3, 0.4) is 0 Å². The van der Waals surface area contributed by atoms with E-state index in [0.717, 1.165) is 0 Å². The van der Waals surface area contributed by atoms with Gasteiger partial charge in [-0.3, -0.25) is 0 Å². The SMILES string of the molecule is FC(F)c1cc(CCl)c(Br)nc1Br. The fourth-order valence-corrected chi connectivity index (χ4v) is 2.28. The molecule has 0 aromatic carbocycles. The minimum absolute atomic E-state index is 0.140. The van der Waals surface area contributed by atoms with Crippen molar-refractivity contribution in [1.82, 2.24) is 4.98 Å². The van der Waals surface area contributed by atoms with Gasteiger partial charge in [0, 0.05) is 5.56 Å². The van der Waals surface area contributed by atoms with Gasteiger partial charge in [-0.2, -0.15) is 0 Å². The maximum Gasteiger partial charge on any atom is 0.266 e. The maximum absolute atomic E-state index is 12.3. The molecule has 0 aliphatic rings. The van der Waals surface area contributed by atoms with Crippen LogP contribution >= 0.6 is 43.5 Å². The van der Waals surface area contributed by atoms with Crippen molar-refractivity contribution in [2.24, 2.45) is 0 Å². The topological polar surface area (TPSA) is 12.9 Å². The van der Waals surface area contributed by atoms with Crippen molar-refractivity contribution in [3.63, 3.8) is 0 Å². The minimum Gasteiger partial charge on any atom is -0.233 e. The minimum atomic E-state index is -2.54. The zero-order chi connectivity index (χ0) is 10.0. The molecule has 0 fully saturated rings. The third kappa shape index (κ3) is 2.60. The largest absolute Gasteiger partial charge is 0.266 e. The first kappa shape index (κ1) is 11.3. The number of alkyl halides is 3. The average Bonchev–Trinajstić information content (AvgIpc) is 2.03. The summed E-state index contributed by atoms with van der Waals surface area (Å²) in [6.45, 7) is 0. The summed E-state index contributed by atoms with van der Waals surface area (Å²) in [4.78, 5) is 3.83. The highest BCUT2D eigenvalue weighted by Gasteiger charge is 2.15. The molecule has 1 rings (SSSR count). The number of hydrogen-bond donors (Lipinski definition) is 0. The second kappa shape index (κ2) is 4.66. The van der Waals surface area contributed by atoms with Crippen LogP contribution in [0, 0.1) is 0 Å². The van der Waals surface area contributed by atoms with Crippen LogP contribution in [0.15, 0.2) is 15.3 Å². The lowest BCUT2D eigenvalue weighted by Gasteiger charge is -2.06. The molecule has 0 saturated carbocycles. The Bertz CT molecular complexity index is 320. The molecule has 72 valence electrons. The maximum atomic E-state index is 12.3. The summed E-state index contributed by atoms with van der Waals surface area (Å²) in [6, 6.07) is 1.33. The normalized spacial score (nSPS) is 10.9. The van der Waals surface area contributed by atoms with Gasteiger partial charge in [0.05, 0.1) is 11.4 Å². The van der Waals surface area contributed by atoms with Gasteiger partial charge in [-0.25, -0.2) is 13.8 Å². The van der Waals surface area contributed by atoms with Crippen LogP contribution in [0.25, 0.3) is 0 Å². The van der Waals surface area contributed by atoms with Gasteiger partial charge in [0.15, 0.2) is 0 Å². The van der Waals surface area contributed by atoms with Crippen molar-refractivity contribution in [3.05, 3.63) is 26.4 Å². The van der Waals surface area contributed by atoms with Crippen LogP contribution in [0.1, 0.15) is 17.6 Å². The predicted octanol–water partition coefficient (Wildman–Crippen LogP) is 4.28. The number of halogens is 5. The summed E-state index contributed by atoms with van der Waals surface area (Å²) in [5, 5.41) is 0. The van der Waals surface area contributed by atoms with Crippen LogP contribution in [-0.4, -0.2) is 4.98 Å². The lowest BCUT2D eigenvalue weighted by atomic mass is 10.2. The summed E-state index contributed by atoms with van der Waals surface area (Å²) >= 11 is 11.6. The van der Waals surface area contributed by atoms with Crippen LogP contribution in [0.5, 0.6) is 0 Å². The average molecular weight is 335 g/mol. The first-order valence-corrected chi connectivity index (χ1v) is 5.37. The third-order valence-corrected chi connectivity index (χ3v) is 3.02. The molecule has 0 aliphatic heterocycles. The van der Waals surface area contributed by atoms with Crippen LogP contribution in [-0.2, 0) is 5.88 Å². The van der Waals surface area contributed by atoms with E-state index in [1.54, 1.807) is 0 Å². The van der Waals surface area contributed by atoms with E-state index in [1.807, 2.05) is 0 Å². The second-order valence-electron chi connectivity index (χ2n) is 2.25. The van der Waals surface area contributed by atoms with E-state index in [4.69, 9.17) is 11.6 Å². The Kier molecular flexibility index (Phi) is 4.06. The fourth-order valence-electron chi connectivity index (χ4n) is 0.776. The standard InChI is InChI=1S/C7H4Br2ClF2N/c8-5-3(2-10)1-4(7(11)12)6(9)13-5/h1,7H,2H2. The molecule has 1 aromatic heterocycles. The molecule has 13 heavy (non-hydrogen) atoms. The molecule has 0 unspecified atom stereocenters. The zero-order valence-electron chi connectivity index (χ0n) is 6.20. The van der Waals surface area contributed by atoms with Crippen LogP contribution < -0.4 is 0 Å². The van der Waals surface area contributed by atoms with E-state index in [1.165, 1.54) is 6.07 Å². The zero-order valence-corrected chi connectivity index (χ0v) is 10.1. The van der Waals surface area contributed by atoms with Gasteiger partial charge in [-0.1, -0.05) is 0 Å². The molecule has 1 heterocycles. The fraction of sp³-hybridized carbons (Fsp3) is 0.286. The van der Waals surface area contributed by atoms with Gasteiger partial charge in [-0.05, 0) is 37.9 Å². The smallest absolute Gasteiger partial charge is 0.233 e.